The number of rotatable bonds is 6. The third-order valence-corrected chi connectivity index (χ3v) is 4.28. The summed E-state index contributed by atoms with van der Waals surface area (Å²) in [5.41, 5.74) is 1.41. The van der Waals surface area contributed by atoms with E-state index in [2.05, 4.69) is 10.6 Å². The molecule has 3 rings (SSSR count). The van der Waals surface area contributed by atoms with Gasteiger partial charge < -0.3 is 25.2 Å². The molecule has 2 aliphatic rings. The molecule has 0 aliphatic carbocycles. The van der Waals surface area contributed by atoms with E-state index in [0.717, 1.165) is 5.69 Å². The van der Waals surface area contributed by atoms with Gasteiger partial charge in [-0.2, -0.15) is 0 Å². The highest BCUT2D eigenvalue weighted by molar-refractivity contribution is 7.80. The molecule has 3 N–H and O–H groups in total. The Morgan fingerprint density at radius 1 is 1.15 bits per heavy atom. The highest BCUT2D eigenvalue weighted by Crippen LogP contribution is 2.26. The molecule has 140 valence electrons. The number of benzene rings is 1. The lowest BCUT2D eigenvalue weighted by Crippen LogP contribution is -2.41. The monoisotopic (exact) mass is 380 g/mol. The fourth-order valence-corrected chi connectivity index (χ4v) is 2.90. The van der Waals surface area contributed by atoms with Crippen LogP contribution in [0.2, 0.25) is 0 Å². The topological polar surface area (TPSA) is 103 Å². The van der Waals surface area contributed by atoms with E-state index in [0.29, 0.717) is 43.6 Å². The second-order valence-electron chi connectivity index (χ2n) is 5.76. The third kappa shape index (κ3) is 4.14. The van der Waals surface area contributed by atoms with Crippen LogP contribution in [0.1, 0.15) is 0 Å². The minimum Gasteiger partial charge on any atom is -0.447 e. The molecule has 0 aromatic heterocycles. The zero-order chi connectivity index (χ0) is 18.5. The van der Waals surface area contributed by atoms with Gasteiger partial charge >= 0.3 is 12.2 Å². The summed E-state index contributed by atoms with van der Waals surface area (Å²) in [4.78, 5) is 26.8. The molecular weight excluding hydrogens is 360 g/mol. The Bertz CT molecular complexity index is 684. The number of hydrogen-bond acceptors (Lipinski definition) is 6. The van der Waals surface area contributed by atoms with Gasteiger partial charge in [0.05, 0.1) is 26.2 Å². The molecule has 10 heteroatoms. The molecule has 2 aliphatic heterocycles. The molecule has 1 aromatic rings. The Kier molecular flexibility index (Phi) is 5.74. The van der Waals surface area contributed by atoms with Crippen molar-refractivity contribution in [2.24, 2.45) is 0 Å². The number of cyclic esters (lactones) is 2. The first-order chi connectivity index (χ1) is 12.6. The smallest absolute Gasteiger partial charge is 0.414 e. The number of aliphatic hydroxyl groups is 1. The Hall–Kier alpha value is -2.59. The van der Waals surface area contributed by atoms with Crippen LogP contribution in [0, 0.1) is 0 Å². The van der Waals surface area contributed by atoms with E-state index in [9.17, 15) is 9.59 Å². The van der Waals surface area contributed by atoms with Gasteiger partial charge in [-0.1, -0.05) is 0 Å². The van der Waals surface area contributed by atoms with E-state index in [1.54, 1.807) is 29.2 Å². The Balaban J connectivity index is 1.55. The van der Waals surface area contributed by atoms with Crippen molar-refractivity contribution in [2.45, 2.75) is 6.10 Å². The van der Waals surface area contributed by atoms with Crippen LogP contribution in [0.4, 0.5) is 21.0 Å². The Labute approximate surface area is 155 Å². The van der Waals surface area contributed by atoms with Gasteiger partial charge in [0.2, 0.25) is 0 Å². The molecule has 2 heterocycles. The molecule has 0 spiro atoms. The van der Waals surface area contributed by atoms with Gasteiger partial charge in [-0.25, -0.2) is 9.59 Å². The van der Waals surface area contributed by atoms with Crippen molar-refractivity contribution >= 4 is 40.9 Å². The molecule has 0 radical (unpaired) electrons. The number of anilines is 2. The quantitative estimate of drug-likeness (QED) is 0.611. The predicted molar refractivity (Wildman–Crippen MR) is 98.4 cm³/mol. The number of aliphatic hydroxyl groups excluding tert-OH is 1. The summed E-state index contributed by atoms with van der Waals surface area (Å²) in [7, 11) is 0. The summed E-state index contributed by atoms with van der Waals surface area (Å²) in [6, 6.07) is 7.08. The lowest BCUT2D eigenvalue weighted by molar-refractivity contribution is 0.142. The van der Waals surface area contributed by atoms with Gasteiger partial charge in [-0.15, -0.1) is 0 Å². The van der Waals surface area contributed by atoms with Crippen molar-refractivity contribution in [3.8, 4) is 0 Å². The molecule has 9 nitrogen and oxygen atoms in total. The van der Waals surface area contributed by atoms with E-state index < -0.39 is 6.09 Å². The minimum atomic E-state index is -0.431. The number of thiocarbonyl (C=S) groups is 1. The van der Waals surface area contributed by atoms with E-state index in [1.165, 1.54) is 4.90 Å². The second-order valence-corrected chi connectivity index (χ2v) is 6.17. The van der Waals surface area contributed by atoms with Crippen LogP contribution in [0.3, 0.4) is 0 Å². The average Bonchev–Trinajstić information content (AvgIpc) is 3.24. The summed E-state index contributed by atoms with van der Waals surface area (Å²) in [5.74, 6) is 0. The number of nitrogens with zero attached hydrogens (tertiary/aromatic N) is 2. The van der Waals surface area contributed by atoms with Crippen molar-refractivity contribution in [3.63, 3.8) is 0 Å². The van der Waals surface area contributed by atoms with Gasteiger partial charge in [0, 0.05) is 17.9 Å². The van der Waals surface area contributed by atoms with Crippen LogP contribution in [-0.2, 0) is 9.47 Å². The van der Waals surface area contributed by atoms with Crippen molar-refractivity contribution in [1.82, 2.24) is 10.6 Å². The number of ether oxygens (including phenoxy) is 2. The van der Waals surface area contributed by atoms with Crippen LogP contribution < -0.4 is 20.4 Å². The zero-order valence-corrected chi connectivity index (χ0v) is 14.8. The van der Waals surface area contributed by atoms with Crippen molar-refractivity contribution in [1.29, 1.82) is 0 Å². The van der Waals surface area contributed by atoms with E-state index in [4.69, 9.17) is 26.8 Å². The van der Waals surface area contributed by atoms with E-state index in [1.807, 2.05) is 0 Å². The maximum atomic E-state index is 12.1. The molecule has 0 saturated carbocycles. The van der Waals surface area contributed by atoms with Crippen LogP contribution in [0.15, 0.2) is 24.3 Å². The standard InChI is InChI=1S/C16H20N4O5S/c21-7-5-17-14(26)18-9-13-10-20(16(23)25-13)12-3-1-11(2-4-12)19-6-8-24-15(19)22/h1-4,13,21H,5-10H2,(H2,17,18,26). The first kappa shape index (κ1) is 18.2. The van der Waals surface area contributed by atoms with Crippen molar-refractivity contribution in [2.75, 3.05) is 49.2 Å². The Morgan fingerprint density at radius 2 is 1.85 bits per heavy atom. The summed E-state index contributed by atoms with van der Waals surface area (Å²) in [6.07, 6.45) is -1.14. The molecule has 2 fully saturated rings. The third-order valence-electron chi connectivity index (χ3n) is 4.00. The van der Waals surface area contributed by atoms with Crippen LogP contribution in [-0.4, -0.2) is 67.9 Å². The maximum absolute atomic E-state index is 12.1. The number of hydrogen-bond donors (Lipinski definition) is 3. The van der Waals surface area contributed by atoms with Crippen molar-refractivity contribution in [3.05, 3.63) is 24.3 Å². The molecule has 0 bridgehead atoms. The fourth-order valence-electron chi connectivity index (χ4n) is 2.72. The van der Waals surface area contributed by atoms with Gasteiger partial charge in [0.15, 0.2) is 5.11 Å². The molecular formula is C16H20N4O5S. The molecule has 1 atom stereocenters. The molecule has 1 unspecified atom stereocenters. The number of nitrogens with one attached hydrogen (secondary N) is 2. The number of carbonyl (C=O) groups excluding carboxylic acids is 2. The first-order valence-corrected chi connectivity index (χ1v) is 8.64. The highest BCUT2D eigenvalue weighted by atomic mass is 32.1. The number of amides is 2. The van der Waals surface area contributed by atoms with Gasteiger partial charge in [0.25, 0.3) is 0 Å². The maximum Gasteiger partial charge on any atom is 0.414 e. The lowest BCUT2D eigenvalue weighted by atomic mass is 10.2. The van der Waals surface area contributed by atoms with Crippen LogP contribution in [0.25, 0.3) is 0 Å². The molecule has 2 amide bonds. The highest BCUT2D eigenvalue weighted by Gasteiger charge is 2.32. The summed E-state index contributed by atoms with van der Waals surface area (Å²) >= 11 is 5.05. The molecule has 1 aromatic carbocycles. The van der Waals surface area contributed by atoms with Crippen LogP contribution >= 0.6 is 12.2 Å². The molecule has 26 heavy (non-hydrogen) atoms. The average molecular weight is 380 g/mol. The molecule has 2 saturated heterocycles. The normalized spacial score (nSPS) is 19.3. The summed E-state index contributed by atoms with van der Waals surface area (Å²) in [5, 5.41) is 14.9. The predicted octanol–water partition coefficient (Wildman–Crippen LogP) is 0.425. The van der Waals surface area contributed by atoms with Gasteiger partial charge in [-0.3, -0.25) is 9.80 Å². The Morgan fingerprint density at radius 3 is 2.46 bits per heavy atom. The van der Waals surface area contributed by atoms with E-state index >= 15 is 0 Å². The van der Waals surface area contributed by atoms with Crippen LogP contribution in [0.5, 0.6) is 0 Å². The zero-order valence-electron chi connectivity index (χ0n) is 14.0. The largest absolute Gasteiger partial charge is 0.447 e. The van der Waals surface area contributed by atoms with E-state index in [-0.39, 0.29) is 18.8 Å². The summed E-state index contributed by atoms with van der Waals surface area (Å²) < 4.78 is 10.3. The minimum absolute atomic E-state index is 0.0147. The SMILES string of the molecule is O=C1OCCN1c1ccc(N2CC(CNC(=S)NCCO)OC2=O)cc1. The first-order valence-electron chi connectivity index (χ1n) is 8.23. The number of carbonyl (C=O) groups is 2. The fraction of sp³-hybridized carbons (Fsp3) is 0.438. The summed E-state index contributed by atoms with van der Waals surface area (Å²) in [6.45, 7) is 2.00. The lowest BCUT2D eigenvalue weighted by Gasteiger charge is -2.16. The van der Waals surface area contributed by atoms with Gasteiger partial charge in [0.1, 0.15) is 12.7 Å². The van der Waals surface area contributed by atoms with Gasteiger partial charge in [-0.05, 0) is 36.5 Å². The second kappa shape index (κ2) is 8.19. The van der Waals surface area contributed by atoms with Crippen molar-refractivity contribution < 1.29 is 24.2 Å².